The van der Waals surface area contributed by atoms with Crippen molar-refractivity contribution in [3.8, 4) is 10.6 Å². The average Bonchev–Trinajstić information content (AvgIpc) is 3.55. The zero-order valence-corrected chi connectivity index (χ0v) is 18.5. The number of carbonyl (C=O) groups is 1. The summed E-state index contributed by atoms with van der Waals surface area (Å²) in [5.74, 6) is -0.280. The van der Waals surface area contributed by atoms with Crippen LogP contribution in [0.15, 0.2) is 29.5 Å². The number of aromatic nitrogens is 7. The lowest BCUT2D eigenvalue weighted by Gasteiger charge is -2.32. The first-order chi connectivity index (χ1) is 16.0. The number of nitrogens with zero attached hydrogens (tertiary/aromatic N) is 7. The fourth-order valence-electron chi connectivity index (χ4n) is 4.59. The molecule has 1 aliphatic heterocycles. The number of piperidine rings is 1. The van der Waals surface area contributed by atoms with Gasteiger partial charge >= 0.3 is 5.69 Å². The number of aliphatic hydroxyl groups is 1. The first kappa shape index (κ1) is 20.0. The average molecular weight is 465 g/mol. The molecule has 1 fully saturated rings. The van der Waals surface area contributed by atoms with Crippen molar-refractivity contribution in [1.29, 1.82) is 0 Å². The summed E-state index contributed by atoms with van der Waals surface area (Å²) >= 11 is 1.46. The number of hydrogen-bond acceptors (Lipinski definition) is 8. The molecule has 168 valence electrons. The highest BCUT2D eigenvalue weighted by Crippen LogP contribution is 2.35. The van der Waals surface area contributed by atoms with Crippen LogP contribution in [0.1, 0.15) is 18.9 Å². The number of nitrogens with one attached hydrogen (secondary N) is 1. The standard InChI is InChI=1S/C21H20N8O3S/c1-27-14-9-23-20-16(25-19(33-20)12-6-11-8-24-26-18(11)22-7-12)17(14)29(21(27)32)13-2-4-28(5-3-13)15(31)10-30/h6-9,13,30H,2-5,10H2,1H3,(H,22,24,26). The molecular formula is C21H20N8O3S. The van der Waals surface area contributed by atoms with E-state index in [4.69, 9.17) is 10.1 Å². The Morgan fingerprint density at radius 3 is 2.85 bits per heavy atom. The van der Waals surface area contributed by atoms with Crippen LogP contribution in [0.5, 0.6) is 0 Å². The molecule has 6 heterocycles. The number of aliphatic hydroxyl groups excluding tert-OH is 1. The van der Waals surface area contributed by atoms with Gasteiger partial charge in [-0.25, -0.2) is 19.7 Å². The van der Waals surface area contributed by atoms with Crippen molar-refractivity contribution in [3.05, 3.63) is 35.1 Å². The number of fused-ring (bicyclic) bond motifs is 4. The molecule has 0 saturated carbocycles. The molecule has 0 radical (unpaired) electrons. The molecule has 5 aromatic heterocycles. The summed E-state index contributed by atoms with van der Waals surface area (Å²) in [6, 6.07) is 1.91. The topological polar surface area (TPSA) is 135 Å². The molecule has 1 amide bonds. The minimum absolute atomic E-state index is 0.0661. The first-order valence-electron chi connectivity index (χ1n) is 10.6. The van der Waals surface area contributed by atoms with Gasteiger partial charge in [0.1, 0.15) is 27.5 Å². The third-order valence-corrected chi connectivity index (χ3v) is 7.34. The summed E-state index contributed by atoms with van der Waals surface area (Å²) in [6.07, 6.45) is 6.46. The van der Waals surface area contributed by atoms with Crippen LogP contribution in [0.2, 0.25) is 0 Å². The quantitative estimate of drug-likeness (QED) is 0.412. The van der Waals surface area contributed by atoms with Crippen molar-refractivity contribution < 1.29 is 9.90 Å². The number of hydrogen-bond donors (Lipinski definition) is 2. The number of amides is 1. The largest absolute Gasteiger partial charge is 0.387 e. The fourth-order valence-corrected chi connectivity index (χ4v) is 5.48. The van der Waals surface area contributed by atoms with E-state index in [2.05, 4.69) is 20.2 Å². The van der Waals surface area contributed by atoms with E-state index in [1.165, 1.54) is 11.3 Å². The molecular weight excluding hydrogens is 444 g/mol. The fraction of sp³-hybridized carbons (Fsp3) is 0.333. The minimum atomic E-state index is -0.494. The summed E-state index contributed by atoms with van der Waals surface area (Å²) < 4.78 is 3.41. The SMILES string of the molecule is Cn1c(=O)n(C2CCN(C(=O)CO)CC2)c2c3nc(-c4cnc5[nH]ncc5c4)sc3ncc21. The molecule has 0 atom stereocenters. The van der Waals surface area contributed by atoms with E-state index in [1.807, 2.05) is 6.07 Å². The second kappa shape index (κ2) is 7.46. The van der Waals surface area contributed by atoms with Gasteiger partial charge in [0.25, 0.3) is 0 Å². The predicted octanol–water partition coefficient (Wildman–Crippen LogP) is 1.44. The van der Waals surface area contributed by atoms with Crippen LogP contribution in [0.25, 0.3) is 43.0 Å². The lowest BCUT2D eigenvalue weighted by Crippen LogP contribution is -2.42. The maximum absolute atomic E-state index is 13.2. The van der Waals surface area contributed by atoms with Crippen molar-refractivity contribution in [2.45, 2.75) is 18.9 Å². The summed E-state index contributed by atoms with van der Waals surface area (Å²) in [4.78, 5) is 41.3. The number of rotatable bonds is 3. The van der Waals surface area contributed by atoms with Crippen molar-refractivity contribution in [3.63, 3.8) is 0 Å². The van der Waals surface area contributed by atoms with E-state index < -0.39 is 6.61 Å². The van der Waals surface area contributed by atoms with Crippen molar-refractivity contribution >= 4 is 49.7 Å². The Balaban J connectivity index is 1.47. The van der Waals surface area contributed by atoms with Crippen LogP contribution >= 0.6 is 11.3 Å². The monoisotopic (exact) mass is 464 g/mol. The van der Waals surface area contributed by atoms with Gasteiger partial charge in [-0.05, 0) is 18.9 Å². The number of pyridine rings is 2. The van der Waals surface area contributed by atoms with E-state index in [0.717, 1.165) is 31.8 Å². The molecule has 1 saturated heterocycles. The second-order valence-electron chi connectivity index (χ2n) is 8.18. The summed E-state index contributed by atoms with van der Waals surface area (Å²) in [5, 5.41) is 17.7. The van der Waals surface area contributed by atoms with Gasteiger partial charge < -0.3 is 10.0 Å². The normalized spacial score (nSPS) is 15.3. The Labute approximate surface area is 190 Å². The number of aromatic amines is 1. The molecule has 0 aliphatic carbocycles. The van der Waals surface area contributed by atoms with Crippen LogP contribution in [0.4, 0.5) is 0 Å². The lowest BCUT2D eigenvalue weighted by molar-refractivity contribution is -0.135. The first-order valence-corrected chi connectivity index (χ1v) is 11.4. The van der Waals surface area contributed by atoms with Gasteiger partial charge in [-0.2, -0.15) is 5.10 Å². The Hall–Kier alpha value is -3.64. The van der Waals surface area contributed by atoms with Gasteiger partial charge in [0.2, 0.25) is 5.91 Å². The molecule has 0 aromatic carbocycles. The van der Waals surface area contributed by atoms with Crippen LogP contribution in [-0.2, 0) is 11.8 Å². The highest BCUT2D eigenvalue weighted by atomic mass is 32.1. The van der Waals surface area contributed by atoms with Gasteiger partial charge in [0.15, 0.2) is 5.65 Å². The Kier molecular flexibility index (Phi) is 4.52. The van der Waals surface area contributed by atoms with Gasteiger partial charge in [-0.15, -0.1) is 0 Å². The third-order valence-electron chi connectivity index (χ3n) is 6.33. The predicted molar refractivity (Wildman–Crippen MR) is 123 cm³/mol. The summed E-state index contributed by atoms with van der Waals surface area (Å²) in [5.41, 5.74) is 3.62. The number of aryl methyl sites for hydroxylation is 1. The number of H-pyrrole nitrogens is 1. The third kappa shape index (κ3) is 3.05. The van der Waals surface area contributed by atoms with E-state index in [0.29, 0.717) is 37.1 Å². The van der Waals surface area contributed by atoms with Crippen LogP contribution in [0, 0.1) is 0 Å². The van der Waals surface area contributed by atoms with Gasteiger partial charge in [0.05, 0.1) is 17.9 Å². The van der Waals surface area contributed by atoms with Gasteiger partial charge in [-0.1, -0.05) is 11.3 Å². The Morgan fingerprint density at radius 2 is 2.06 bits per heavy atom. The molecule has 6 rings (SSSR count). The van der Waals surface area contributed by atoms with Crippen LogP contribution in [-0.4, -0.2) is 69.9 Å². The summed E-state index contributed by atoms with van der Waals surface area (Å²) in [7, 11) is 1.74. The number of likely N-dealkylation sites (tertiary alicyclic amines) is 1. The van der Waals surface area contributed by atoms with Crippen LogP contribution in [0.3, 0.4) is 0 Å². The highest BCUT2D eigenvalue weighted by Gasteiger charge is 2.28. The Morgan fingerprint density at radius 1 is 1.24 bits per heavy atom. The number of carbonyl (C=O) groups excluding carboxylic acids is 1. The zero-order valence-electron chi connectivity index (χ0n) is 17.7. The number of thiazole rings is 1. The highest BCUT2D eigenvalue weighted by molar-refractivity contribution is 7.21. The van der Waals surface area contributed by atoms with Crippen molar-refractivity contribution in [2.75, 3.05) is 19.7 Å². The lowest BCUT2D eigenvalue weighted by atomic mass is 10.0. The molecule has 0 unspecified atom stereocenters. The van der Waals surface area contributed by atoms with Gasteiger partial charge in [0, 0.05) is 43.3 Å². The smallest absolute Gasteiger partial charge is 0.329 e. The second-order valence-corrected chi connectivity index (χ2v) is 9.16. The zero-order chi connectivity index (χ0) is 22.7. The minimum Gasteiger partial charge on any atom is -0.387 e. The van der Waals surface area contributed by atoms with Crippen molar-refractivity contribution in [2.24, 2.45) is 7.05 Å². The Bertz CT molecular complexity index is 1590. The molecule has 1 aliphatic rings. The molecule has 5 aromatic rings. The maximum Gasteiger partial charge on any atom is 0.329 e. The molecule has 0 spiro atoms. The molecule has 11 nitrogen and oxygen atoms in total. The molecule has 12 heteroatoms. The van der Waals surface area contributed by atoms with E-state index in [1.54, 1.807) is 39.7 Å². The molecule has 0 bridgehead atoms. The van der Waals surface area contributed by atoms with Crippen molar-refractivity contribution in [1.82, 2.24) is 39.2 Å². The van der Waals surface area contributed by atoms with E-state index >= 15 is 0 Å². The number of imidazole rings is 1. The van der Waals surface area contributed by atoms with Gasteiger partial charge in [-0.3, -0.25) is 19.0 Å². The molecule has 2 N–H and O–H groups in total. The molecule has 33 heavy (non-hydrogen) atoms. The van der Waals surface area contributed by atoms with E-state index in [-0.39, 0.29) is 17.6 Å². The van der Waals surface area contributed by atoms with E-state index in [9.17, 15) is 9.59 Å². The maximum atomic E-state index is 13.2. The van der Waals surface area contributed by atoms with Crippen LogP contribution < -0.4 is 5.69 Å². The summed E-state index contributed by atoms with van der Waals surface area (Å²) in [6.45, 7) is 0.506.